The van der Waals surface area contributed by atoms with Crippen LogP contribution in [-0.2, 0) is 16.6 Å². The molecule has 5 nitrogen and oxygen atoms in total. The van der Waals surface area contributed by atoms with Gasteiger partial charge in [0.05, 0.1) is 5.56 Å². The van der Waals surface area contributed by atoms with Crippen LogP contribution in [0, 0.1) is 11.3 Å². The van der Waals surface area contributed by atoms with E-state index >= 15 is 0 Å². The van der Waals surface area contributed by atoms with Crippen LogP contribution in [0.25, 0.3) is 0 Å². The van der Waals surface area contributed by atoms with E-state index < -0.39 is 10.8 Å². The fourth-order valence-corrected chi connectivity index (χ4v) is 5.35. The summed E-state index contributed by atoms with van der Waals surface area (Å²) in [6.45, 7) is 7.64. The third-order valence-corrected chi connectivity index (χ3v) is 6.78. The van der Waals surface area contributed by atoms with Crippen molar-refractivity contribution in [3.8, 4) is 17.2 Å². The van der Waals surface area contributed by atoms with E-state index in [1.807, 2.05) is 27.7 Å². The highest BCUT2D eigenvalue weighted by atomic mass is 16.5. The first-order valence-corrected chi connectivity index (χ1v) is 8.93. The molecule has 0 radical (unpaired) electrons. The molecule has 2 N–H and O–H groups in total. The Kier molecular flexibility index (Phi) is 3.14. The standard InChI is InChI=1S/C20H24O5/c1-9-7-10-16(23)14-11(21)8-12-19(2,3)13(22)5-6-20(12,4)15(14)17(24)18(10)25-9/h9,12,23-24H,5-8H2,1-4H3. The second-order valence-electron chi connectivity index (χ2n) is 8.63. The van der Waals surface area contributed by atoms with Gasteiger partial charge in [-0.15, -0.1) is 0 Å². The molecule has 0 bridgehead atoms. The molecule has 2 aliphatic carbocycles. The Morgan fingerprint density at radius 2 is 1.76 bits per heavy atom. The van der Waals surface area contributed by atoms with Crippen LogP contribution in [0.2, 0.25) is 0 Å². The molecule has 5 heteroatoms. The Balaban J connectivity index is 2.02. The number of ketones is 2. The largest absolute Gasteiger partial charge is 0.507 e. The molecule has 0 aromatic heterocycles. The minimum absolute atomic E-state index is 0.0298. The van der Waals surface area contributed by atoms with Crippen molar-refractivity contribution in [3.05, 3.63) is 16.7 Å². The lowest BCUT2D eigenvalue weighted by Gasteiger charge is -2.52. The number of hydrogen-bond acceptors (Lipinski definition) is 5. The predicted octanol–water partition coefficient (Wildman–Crippen LogP) is 3.27. The number of hydrogen-bond donors (Lipinski definition) is 2. The van der Waals surface area contributed by atoms with Gasteiger partial charge in [-0.1, -0.05) is 20.8 Å². The summed E-state index contributed by atoms with van der Waals surface area (Å²) in [5.41, 5.74) is 0.0324. The molecule has 0 amide bonds. The van der Waals surface area contributed by atoms with E-state index in [9.17, 15) is 19.8 Å². The van der Waals surface area contributed by atoms with Crippen LogP contribution in [0.5, 0.6) is 17.2 Å². The van der Waals surface area contributed by atoms with Gasteiger partial charge in [-0.25, -0.2) is 0 Å². The molecule has 0 saturated heterocycles. The molecule has 3 aliphatic rings. The molecular weight excluding hydrogens is 320 g/mol. The van der Waals surface area contributed by atoms with Gasteiger partial charge in [-0.2, -0.15) is 0 Å². The van der Waals surface area contributed by atoms with E-state index in [-0.39, 0.29) is 47.1 Å². The van der Waals surface area contributed by atoms with Gasteiger partial charge in [-0.3, -0.25) is 9.59 Å². The molecule has 3 unspecified atom stereocenters. The SMILES string of the molecule is CC1Cc2c(O)c3c(c(O)c2O1)C1(C)CCC(=O)C(C)(C)C1CC3=O. The van der Waals surface area contributed by atoms with E-state index in [4.69, 9.17) is 4.74 Å². The predicted molar refractivity (Wildman–Crippen MR) is 91.4 cm³/mol. The first-order valence-electron chi connectivity index (χ1n) is 8.93. The second kappa shape index (κ2) is 4.77. The minimum atomic E-state index is -0.643. The molecular formula is C20H24O5. The number of carbonyl (C=O) groups excluding carboxylic acids is 2. The van der Waals surface area contributed by atoms with Crippen LogP contribution >= 0.6 is 0 Å². The lowest BCUT2D eigenvalue weighted by molar-refractivity contribution is -0.136. The lowest BCUT2D eigenvalue weighted by atomic mass is 9.49. The molecule has 25 heavy (non-hydrogen) atoms. The molecule has 3 atom stereocenters. The molecule has 1 saturated carbocycles. The van der Waals surface area contributed by atoms with Gasteiger partial charge in [0, 0.05) is 41.2 Å². The minimum Gasteiger partial charge on any atom is -0.507 e. The van der Waals surface area contributed by atoms with Gasteiger partial charge in [0.15, 0.2) is 17.3 Å². The van der Waals surface area contributed by atoms with Crippen molar-refractivity contribution in [2.45, 2.75) is 64.9 Å². The summed E-state index contributed by atoms with van der Waals surface area (Å²) < 4.78 is 5.73. The summed E-state index contributed by atoms with van der Waals surface area (Å²) in [7, 11) is 0. The van der Waals surface area contributed by atoms with Gasteiger partial charge < -0.3 is 14.9 Å². The second-order valence-corrected chi connectivity index (χ2v) is 8.63. The quantitative estimate of drug-likeness (QED) is 0.706. The molecule has 0 spiro atoms. The van der Waals surface area contributed by atoms with Crippen molar-refractivity contribution in [2.75, 3.05) is 0 Å². The summed E-state index contributed by atoms with van der Waals surface area (Å²) in [5.74, 6) is -0.0303. The fraction of sp³-hybridized carbons (Fsp3) is 0.600. The highest BCUT2D eigenvalue weighted by Crippen LogP contribution is 2.61. The highest BCUT2D eigenvalue weighted by Gasteiger charge is 2.57. The smallest absolute Gasteiger partial charge is 0.168 e. The Morgan fingerprint density at radius 3 is 2.44 bits per heavy atom. The maximum absolute atomic E-state index is 12.9. The first kappa shape index (κ1) is 16.4. The van der Waals surface area contributed by atoms with E-state index in [0.717, 1.165) is 0 Å². The Labute approximate surface area is 147 Å². The van der Waals surface area contributed by atoms with E-state index in [2.05, 4.69) is 0 Å². The number of ether oxygens (including phenoxy) is 1. The van der Waals surface area contributed by atoms with Crippen LogP contribution in [0.4, 0.5) is 0 Å². The number of phenols is 2. The van der Waals surface area contributed by atoms with Crippen LogP contribution in [0.1, 0.15) is 68.4 Å². The average Bonchev–Trinajstić information content (AvgIpc) is 2.93. The summed E-state index contributed by atoms with van der Waals surface area (Å²) >= 11 is 0. The van der Waals surface area contributed by atoms with E-state index in [0.29, 0.717) is 36.1 Å². The van der Waals surface area contributed by atoms with E-state index in [1.165, 1.54) is 0 Å². The Bertz CT molecular complexity index is 822. The van der Waals surface area contributed by atoms with Crippen molar-refractivity contribution in [2.24, 2.45) is 11.3 Å². The highest BCUT2D eigenvalue weighted by molar-refractivity contribution is 6.05. The molecule has 1 aliphatic heterocycles. The normalized spacial score (nSPS) is 32.6. The number of carbonyl (C=O) groups is 2. The maximum atomic E-state index is 12.9. The lowest BCUT2D eigenvalue weighted by Crippen LogP contribution is -2.53. The van der Waals surface area contributed by atoms with Gasteiger partial charge in [-0.05, 0) is 19.3 Å². The van der Waals surface area contributed by atoms with Crippen molar-refractivity contribution in [1.82, 2.24) is 0 Å². The average molecular weight is 344 g/mol. The Hall–Kier alpha value is -2.04. The number of aromatic hydroxyl groups is 2. The van der Waals surface area contributed by atoms with Gasteiger partial charge >= 0.3 is 0 Å². The van der Waals surface area contributed by atoms with Crippen molar-refractivity contribution < 1.29 is 24.5 Å². The van der Waals surface area contributed by atoms with Crippen molar-refractivity contribution >= 4 is 11.6 Å². The number of rotatable bonds is 0. The van der Waals surface area contributed by atoms with Crippen LogP contribution in [0.3, 0.4) is 0 Å². The number of fused-ring (bicyclic) bond motifs is 4. The number of phenolic OH excluding ortho intramolecular Hbond substituents is 2. The van der Waals surface area contributed by atoms with Gasteiger partial charge in [0.2, 0.25) is 0 Å². The molecule has 4 rings (SSSR count). The third kappa shape index (κ3) is 1.89. The zero-order valence-electron chi connectivity index (χ0n) is 15.1. The maximum Gasteiger partial charge on any atom is 0.168 e. The van der Waals surface area contributed by atoms with E-state index in [1.54, 1.807) is 0 Å². The molecule has 1 aromatic rings. The zero-order valence-corrected chi connectivity index (χ0v) is 15.1. The van der Waals surface area contributed by atoms with Gasteiger partial charge in [0.25, 0.3) is 0 Å². The number of Topliss-reactive ketones (excluding diaryl/α,β-unsaturated/α-hetero) is 2. The topological polar surface area (TPSA) is 83.8 Å². The molecule has 1 fully saturated rings. The first-order chi connectivity index (χ1) is 11.6. The monoisotopic (exact) mass is 344 g/mol. The molecule has 134 valence electrons. The van der Waals surface area contributed by atoms with Crippen LogP contribution < -0.4 is 4.74 Å². The molecule has 1 heterocycles. The van der Waals surface area contributed by atoms with Crippen LogP contribution in [-0.4, -0.2) is 27.9 Å². The van der Waals surface area contributed by atoms with Crippen LogP contribution in [0.15, 0.2) is 0 Å². The summed E-state index contributed by atoms with van der Waals surface area (Å²) in [6, 6.07) is 0. The summed E-state index contributed by atoms with van der Waals surface area (Å²) in [5, 5.41) is 21.8. The summed E-state index contributed by atoms with van der Waals surface area (Å²) in [4.78, 5) is 25.4. The van der Waals surface area contributed by atoms with Gasteiger partial charge in [0.1, 0.15) is 17.6 Å². The van der Waals surface area contributed by atoms with Crippen molar-refractivity contribution in [3.63, 3.8) is 0 Å². The summed E-state index contributed by atoms with van der Waals surface area (Å²) in [6.07, 6.45) is 1.49. The van der Waals surface area contributed by atoms with Crippen molar-refractivity contribution in [1.29, 1.82) is 0 Å². The zero-order chi connectivity index (χ0) is 18.3. The fourth-order valence-electron chi connectivity index (χ4n) is 5.35. The third-order valence-electron chi connectivity index (χ3n) is 6.78. The Morgan fingerprint density at radius 1 is 1.08 bits per heavy atom. The molecule has 1 aromatic carbocycles. The number of benzene rings is 1.